The van der Waals surface area contributed by atoms with E-state index in [1.807, 2.05) is 18.7 Å². The van der Waals surface area contributed by atoms with Gasteiger partial charge < -0.3 is 10.2 Å². The van der Waals surface area contributed by atoms with Crippen molar-refractivity contribution in [3.05, 3.63) is 0 Å². The molecule has 4 nitrogen and oxygen atoms in total. The maximum Gasteiger partial charge on any atom is 0.242 e. The van der Waals surface area contributed by atoms with Gasteiger partial charge in [0.1, 0.15) is 6.04 Å². The van der Waals surface area contributed by atoms with Crippen molar-refractivity contribution >= 4 is 23.6 Å². The molecule has 5 heteroatoms. The van der Waals surface area contributed by atoms with E-state index in [2.05, 4.69) is 5.32 Å². The Morgan fingerprint density at radius 3 is 2.79 bits per heavy atom. The predicted molar refractivity (Wildman–Crippen MR) is 78.1 cm³/mol. The molecule has 2 aliphatic rings. The minimum atomic E-state index is -0.257. The van der Waals surface area contributed by atoms with E-state index in [0.29, 0.717) is 18.8 Å². The summed E-state index contributed by atoms with van der Waals surface area (Å²) < 4.78 is 0. The highest BCUT2D eigenvalue weighted by atomic mass is 32.2. The first kappa shape index (κ1) is 14.7. The van der Waals surface area contributed by atoms with Crippen molar-refractivity contribution in [2.45, 2.75) is 45.1 Å². The molecule has 0 unspecified atom stereocenters. The molecule has 108 valence electrons. The van der Waals surface area contributed by atoms with Crippen molar-refractivity contribution in [1.29, 1.82) is 0 Å². The van der Waals surface area contributed by atoms with Gasteiger partial charge in [-0.15, -0.1) is 0 Å². The lowest BCUT2D eigenvalue weighted by atomic mass is 10.0. The van der Waals surface area contributed by atoms with Crippen LogP contribution in [0.15, 0.2) is 0 Å². The Morgan fingerprint density at radius 1 is 1.47 bits per heavy atom. The van der Waals surface area contributed by atoms with Gasteiger partial charge in [-0.2, -0.15) is 11.8 Å². The van der Waals surface area contributed by atoms with Crippen molar-refractivity contribution in [2.75, 3.05) is 24.6 Å². The van der Waals surface area contributed by atoms with Gasteiger partial charge in [0.2, 0.25) is 11.8 Å². The van der Waals surface area contributed by atoms with Gasteiger partial charge in [-0.3, -0.25) is 9.59 Å². The van der Waals surface area contributed by atoms with Crippen LogP contribution >= 0.6 is 11.8 Å². The highest BCUT2D eigenvalue weighted by molar-refractivity contribution is 7.99. The van der Waals surface area contributed by atoms with Crippen LogP contribution in [-0.4, -0.2) is 47.4 Å². The number of hydrogen-bond donors (Lipinski definition) is 1. The van der Waals surface area contributed by atoms with E-state index in [9.17, 15) is 9.59 Å². The quantitative estimate of drug-likeness (QED) is 0.835. The summed E-state index contributed by atoms with van der Waals surface area (Å²) in [5.74, 6) is 3.22. The highest BCUT2D eigenvalue weighted by Crippen LogP contribution is 2.22. The fourth-order valence-electron chi connectivity index (χ4n) is 2.86. The van der Waals surface area contributed by atoms with Crippen molar-refractivity contribution < 1.29 is 9.59 Å². The van der Waals surface area contributed by atoms with E-state index < -0.39 is 0 Å². The van der Waals surface area contributed by atoms with Crippen molar-refractivity contribution in [1.82, 2.24) is 10.2 Å². The van der Waals surface area contributed by atoms with Gasteiger partial charge in [0.15, 0.2) is 0 Å². The van der Waals surface area contributed by atoms with E-state index in [4.69, 9.17) is 0 Å². The van der Waals surface area contributed by atoms with E-state index in [1.165, 1.54) is 24.3 Å². The minimum Gasteiger partial charge on any atom is -0.354 e. The summed E-state index contributed by atoms with van der Waals surface area (Å²) in [6, 6.07) is -0.257. The van der Waals surface area contributed by atoms with Gasteiger partial charge in [0, 0.05) is 19.5 Å². The lowest BCUT2D eigenvalue weighted by molar-refractivity contribution is -0.137. The molecule has 0 spiro atoms. The monoisotopic (exact) mass is 284 g/mol. The van der Waals surface area contributed by atoms with Crippen LogP contribution < -0.4 is 5.32 Å². The SMILES string of the molecule is CC[C@@H](C(=O)NCC1CCSCC1)N1CCCC1=O. The standard InChI is InChI=1S/C14H24N2O2S/c1-2-12(16-7-3-4-13(16)17)14(18)15-10-11-5-8-19-9-6-11/h11-12H,2-10H2,1H3,(H,15,18)/t12-/m0/s1. The molecule has 0 aromatic rings. The lowest BCUT2D eigenvalue weighted by Crippen LogP contribution is -2.48. The second-order valence-electron chi connectivity index (χ2n) is 5.42. The molecule has 0 aliphatic carbocycles. The summed E-state index contributed by atoms with van der Waals surface area (Å²) >= 11 is 2.00. The molecule has 2 heterocycles. The molecular weight excluding hydrogens is 260 g/mol. The van der Waals surface area contributed by atoms with E-state index >= 15 is 0 Å². The molecular formula is C14H24N2O2S. The van der Waals surface area contributed by atoms with Crippen LogP contribution in [0.1, 0.15) is 39.0 Å². The van der Waals surface area contributed by atoms with Gasteiger partial charge in [-0.05, 0) is 43.1 Å². The topological polar surface area (TPSA) is 49.4 Å². The molecule has 2 amide bonds. The first-order chi connectivity index (χ1) is 9.22. The van der Waals surface area contributed by atoms with Gasteiger partial charge in [-0.1, -0.05) is 6.92 Å². The number of nitrogens with one attached hydrogen (secondary N) is 1. The number of carbonyl (C=O) groups excluding carboxylic acids is 2. The van der Waals surface area contributed by atoms with E-state index in [1.54, 1.807) is 4.90 Å². The number of carbonyl (C=O) groups is 2. The molecule has 2 rings (SSSR count). The summed E-state index contributed by atoms with van der Waals surface area (Å²) in [6.45, 7) is 3.50. The number of nitrogens with zero attached hydrogens (tertiary/aromatic N) is 1. The smallest absolute Gasteiger partial charge is 0.242 e. The lowest BCUT2D eigenvalue weighted by Gasteiger charge is -2.27. The Hall–Kier alpha value is -0.710. The maximum atomic E-state index is 12.2. The number of likely N-dealkylation sites (tertiary alicyclic amines) is 1. The molecule has 1 N–H and O–H groups in total. The normalized spacial score (nSPS) is 22.6. The van der Waals surface area contributed by atoms with Crippen LogP contribution in [0.3, 0.4) is 0 Å². The summed E-state index contributed by atoms with van der Waals surface area (Å²) in [5.41, 5.74) is 0. The first-order valence-corrected chi connectivity index (χ1v) is 8.52. The molecule has 0 aromatic carbocycles. The third kappa shape index (κ3) is 3.88. The highest BCUT2D eigenvalue weighted by Gasteiger charge is 2.31. The maximum absolute atomic E-state index is 12.2. The van der Waals surface area contributed by atoms with Crippen LogP contribution in [0, 0.1) is 5.92 Å². The molecule has 2 aliphatic heterocycles. The van der Waals surface area contributed by atoms with Crippen LogP contribution in [0.2, 0.25) is 0 Å². The first-order valence-electron chi connectivity index (χ1n) is 7.37. The Bertz CT molecular complexity index is 329. The number of amides is 2. The molecule has 0 saturated carbocycles. The Morgan fingerprint density at radius 2 is 2.21 bits per heavy atom. The van der Waals surface area contributed by atoms with Crippen LogP contribution in [0.5, 0.6) is 0 Å². The van der Waals surface area contributed by atoms with Gasteiger partial charge in [-0.25, -0.2) is 0 Å². The largest absolute Gasteiger partial charge is 0.354 e. The zero-order valence-electron chi connectivity index (χ0n) is 11.7. The summed E-state index contributed by atoms with van der Waals surface area (Å²) in [5, 5.41) is 3.06. The third-order valence-corrected chi connectivity index (χ3v) is 5.13. The summed E-state index contributed by atoms with van der Waals surface area (Å²) in [4.78, 5) is 25.7. The fourth-order valence-corrected chi connectivity index (χ4v) is 4.06. The predicted octanol–water partition coefficient (Wildman–Crippen LogP) is 1.65. The van der Waals surface area contributed by atoms with E-state index in [0.717, 1.165) is 19.5 Å². The molecule has 1 atom stereocenters. The van der Waals surface area contributed by atoms with Crippen molar-refractivity contribution in [3.63, 3.8) is 0 Å². The second kappa shape index (κ2) is 7.17. The van der Waals surface area contributed by atoms with Crippen molar-refractivity contribution in [2.24, 2.45) is 5.92 Å². The Labute approximate surface area is 119 Å². The number of hydrogen-bond acceptors (Lipinski definition) is 3. The Kier molecular flexibility index (Phi) is 5.55. The third-order valence-electron chi connectivity index (χ3n) is 4.08. The number of rotatable bonds is 5. The van der Waals surface area contributed by atoms with Crippen molar-refractivity contribution in [3.8, 4) is 0 Å². The molecule has 2 fully saturated rings. The van der Waals surface area contributed by atoms with Gasteiger partial charge in [0.25, 0.3) is 0 Å². The second-order valence-corrected chi connectivity index (χ2v) is 6.64. The zero-order valence-corrected chi connectivity index (χ0v) is 12.5. The van der Waals surface area contributed by atoms with Crippen LogP contribution in [-0.2, 0) is 9.59 Å². The van der Waals surface area contributed by atoms with Crippen LogP contribution in [0.4, 0.5) is 0 Å². The number of thioether (sulfide) groups is 1. The minimum absolute atomic E-state index is 0.0379. The molecule has 19 heavy (non-hydrogen) atoms. The van der Waals surface area contributed by atoms with Gasteiger partial charge >= 0.3 is 0 Å². The summed E-state index contributed by atoms with van der Waals surface area (Å²) in [7, 11) is 0. The average molecular weight is 284 g/mol. The molecule has 0 bridgehead atoms. The Balaban J connectivity index is 1.81. The average Bonchev–Trinajstić information content (AvgIpc) is 2.85. The zero-order chi connectivity index (χ0) is 13.7. The van der Waals surface area contributed by atoms with Crippen LogP contribution in [0.25, 0.3) is 0 Å². The summed E-state index contributed by atoms with van der Waals surface area (Å²) in [6.07, 6.45) is 4.60. The molecule has 2 saturated heterocycles. The molecule has 0 aromatic heterocycles. The fraction of sp³-hybridized carbons (Fsp3) is 0.857. The molecule has 0 radical (unpaired) electrons. The van der Waals surface area contributed by atoms with Gasteiger partial charge in [0.05, 0.1) is 0 Å². The van der Waals surface area contributed by atoms with E-state index in [-0.39, 0.29) is 17.9 Å².